The van der Waals surface area contributed by atoms with Crippen molar-refractivity contribution in [3.05, 3.63) is 23.9 Å². The minimum Gasteiger partial charge on any atom is -0.469 e. The van der Waals surface area contributed by atoms with Gasteiger partial charge in [0.15, 0.2) is 0 Å². The summed E-state index contributed by atoms with van der Waals surface area (Å²) >= 11 is 0. The third-order valence-electron chi connectivity index (χ3n) is 2.08. The van der Waals surface area contributed by atoms with Gasteiger partial charge in [0.05, 0.1) is 13.5 Å². The molecule has 0 aromatic carbocycles. The van der Waals surface area contributed by atoms with E-state index < -0.39 is 0 Å². The number of carbonyl (C=O) groups is 1. The quantitative estimate of drug-likeness (QED) is 0.737. The number of anilines is 1. The van der Waals surface area contributed by atoms with Gasteiger partial charge in [-0.2, -0.15) is 0 Å². The van der Waals surface area contributed by atoms with E-state index in [1.165, 1.54) is 7.11 Å². The number of esters is 1. The molecule has 1 rings (SSSR count). The first kappa shape index (κ1) is 10.5. The third-order valence-corrected chi connectivity index (χ3v) is 2.08. The normalized spacial score (nSPS) is 12.1. The van der Waals surface area contributed by atoms with E-state index in [1.807, 2.05) is 13.0 Å². The number of ether oxygens (including phenoxy) is 1. The topological polar surface area (TPSA) is 65.2 Å². The lowest BCUT2D eigenvalue weighted by atomic mass is 10.00. The number of pyridine rings is 1. The van der Waals surface area contributed by atoms with Crippen molar-refractivity contribution in [1.82, 2.24) is 4.98 Å². The minimum atomic E-state index is -0.214. The second kappa shape index (κ2) is 4.60. The molecule has 1 atom stereocenters. The van der Waals surface area contributed by atoms with Crippen LogP contribution >= 0.6 is 0 Å². The van der Waals surface area contributed by atoms with Gasteiger partial charge in [0.2, 0.25) is 0 Å². The van der Waals surface area contributed by atoms with Crippen LogP contribution in [0, 0.1) is 0 Å². The first-order valence-electron chi connectivity index (χ1n) is 4.41. The zero-order valence-electron chi connectivity index (χ0n) is 8.36. The molecule has 0 aliphatic carbocycles. The average Bonchev–Trinajstić information content (AvgIpc) is 2.18. The van der Waals surface area contributed by atoms with Gasteiger partial charge in [-0.05, 0) is 17.5 Å². The number of hydrogen-bond donors (Lipinski definition) is 1. The monoisotopic (exact) mass is 194 g/mol. The highest BCUT2D eigenvalue weighted by Crippen LogP contribution is 2.18. The van der Waals surface area contributed by atoms with Crippen molar-refractivity contribution in [2.45, 2.75) is 19.3 Å². The van der Waals surface area contributed by atoms with Crippen LogP contribution in [0.15, 0.2) is 18.3 Å². The van der Waals surface area contributed by atoms with Crippen LogP contribution in [0.2, 0.25) is 0 Å². The van der Waals surface area contributed by atoms with E-state index in [0.29, 0.717) is 12.2 Å². The summed E-state index contributed by atoms with van der Waals surface area (Å²) < 4.78 is 4.58. The van der Waals surface area contributed by atoms with Crippen LogP contribution in [0.5, 0.6) is 0 Å². The molecule has 0 saturated heterocycles. The molecule has 0 fully saturated rings. The summed E-state index contributed by atoms with van der Waals surface area (Å²) in [5.74, 6) is 0.379. The van der Waals surface area contributed by atoms with E-state index >= 15 is 0 Å². The molecule has 4 heteroatoms. The zero-order valence-corrected chi connectivity index (χ0v) is 8.36. The number of nitrogens with two attached hydrogens (primary N) is 1. The van der Waals surface area contributed by atoms with Gasteiger partial charge >= 0.3 is 5.97 Å². The molecule has 0 bridgehead atoms. The molecule has 1 aromatic heterocycles. The molecule has 0 spiro atoms. The van der Waals surface area contributed by atoms with Gasteiger partial charge in [-0.1, -0.05) is 13.0 Å². The zero-order chi connectivity index (χ0) is 10.6. The number of nitrogens with zero attached hydrogens (tertiary/aromatic N) is 1. The van der Waals surface area contributed by atoms with Crippen LogP contribution < -0.4 is 5.73 Å². The summed E-state index contributed by atoms with van der Waals surface area (Å²) in [4.78, 5) is 15.0. The highest BCUT2D eigenvalue weighted by molar-refractivity contribution is 5.70. The number of rotatable bonds is 3. The van der Waals surface area contributed by atoms with Crippen molar-refractivity contribution in [3.8, 4) is 0 Å². The maximum absolute atomic E-state index is 11.0. The van der Waals surface area contributed by atoms with Gasteiger partial charge in [-0.25, -0.2) is 4.98 Å². The van der Waals surface area contributed by atoms with Gasteiger partial charge in [0.25, 0.3) is 0 Å². The summed E-state index contributed by atoms with van der Waals surface area (Å²) in [6, 6.07) is 3.60. The fourth-order valence-electron chi connectivity index (χ4n) is 1.16. The van der Waals surface area contributed by atoms with Crippen molar-refractivity contribution in [3.63, 3.8) is 0 Å². The summed E-state index contributed by atoms with van der Waals surface area (Å²) in [6.45, 7) is 1.95. The Labute approximate surface area is 83.1 Å². The molecule has 76 valence electrons. The number of carbonyl (C=O) groups excluding carboxylic acids is 1. The lowest BCUT2D eigenvalue weighted by Gasteiger charge is -2.09. The van der Waals surface area contributed by atoms with Crippen molar-refractivity contribution < 1.29 is 9.53 Å². The molecule has 1 aromatic rings. The van der Waals surface area contributed by atoms with Crippen molar-refractivity contribution in [1.29, 1.82) is 0 Å². The third kappa shape index (κ3) is 2.73. The maximum Gasteiger partial charge on any atom is 0.306 e. The van der Waals surface area contributed by atoms with Crippen LogP contribution in [0.25, 0.3) is 0 Å². The van der Waals surface area contributed by atoms with E-state index in [2.05, 4.69) is 9.72 Å². The largest absolute Gasteiger partial charge is 0.469 e. The van der Waals surface area contributed by atoms with Gasteiger partial charge in [0.1, 0.15) is 5.82 Å². The lowest BCUT2D eigenvalue weighted by molar-refractivity contribution is -0.140. The van der Waals surface area contributed by atoms with Crippen molar-refractivity contribution >= 4 is 11.8 Å². The summed E-state index contributed by atoms with van der Waals surface area (Å²) in [5.41, 5.74) is 6.44. The van der Waals surface area contributed by atoms with Crippen LogP contribution in [0.1, 0.15) is 24.8 Å². The second-order valence-corrected chi connectivity index (χ2v) is 3.20. The first-order valence-corrected chi connectivity index (χ1v) is 4.41. The Bertz CT molecular complexity index is 308. The predicted molar refractivity (Wildman–Crippen MR) is 53.7 cm³/mol. The molecule has 1 heterocycles. The first-order chi connectivity index (χ1) is 6.63. The highest BCUT2D eigenvalue weighted by Gasteiger charge is 2.11. The van der Waals surface area contributed by atoms with E-state index in [9.17, 15) is 4.79 Å². The van der Waals surface area contributed by atoms with Crippen molar-refractivity contribution in [2.75, 3.05) is 12.8 Å². The van der Waals surface area contributed by atoms with Crippen LogP contribution in [-0.4, -0.2) is 18.1 Å². The molecule has 0 radical (unpaired) electrons. The number of methoxy groups -OCH3 is 1. The Hall–Kier alpha value is -1.58. The molecule has 0 aliphatic heterocycles. The fraction of sp³-hybridized carbons (Fsp3) is 0.400. The molecular weight excluding hydrogens is 180 g/mol. The summed E-state index contributed by atoms with van der Waals surface area (Å²) in [7, 11) is 1.39. The van der Waals surface area contributed by atoms with Crippen LogP contribution in [-0.2, 0) is 9.53 Å². The molecule has 2 N–H and O–H groups in total. The molecular formula is C10H14N2O2. The summed E-state index contributed by atoms with van der Waals surface area (Å²) in [5, 5.41) is 0. The molecule has 4 nitrogen and oxygen atoms in total. The lowest BCUT2D eigenvalue weighted by Crippen LogP contribution is -2.06. The average molecular weight is 194 g/mol. The molecule has 0 amide bonds. The van der Waals surface area contributed by atoms with Gasteiger partial charge in [-0.15, -0.1) is 0 Å². The SMILES string of the molecule is COC(=O)CC(C)c1ccc(N)nc1. The minimum absolute atomic E-state index is 0.107. The Balaban J connectivity index is 2.65. The number of nitrogen functional groups attached to an aromatic ring is 1. The number of aromatic nitrogens is 1. The molecule has 14 heavy (non-hydrogen) atoms. The van der Waals surface area contributed by atoms with Crippen LogP contribution in [0.3, 0.4) is 0 Å². The molecule has 0 aliphatic rings. The van der Waals surface area contributed by atoms with Gasteiger partial charge in [-0.3, -0.25) is 4.79 Å². The smallest absolute Gasteiger partial charge is 0.306 e. The predicted octanol–water partition coefficient (Wildman–Crippen LogP) is 1.33. The Morgan fingerprint density at radius 3 is 2.86 bits per heavy atom. The highest BCUT2D eigenvalue weighted by atomic mass is 16.5. The van der Waals surface area contributed by atoms with Gasteiger partial charge in [0, 0.05) is 6.20 Å². The molecule has 0 saturated carbocycles. The van der Waals surface area contributed by atoms with Crippen LogP contribution in [0.4, 0.5) is 5.82 Å². The molecule has 1 unspecified atom stereocenters. The second-order valence-electron chi connectivity index (χ2n) is 3.20. The van der Waals surface area contributed by atoms with Gasteiger partial charge < -0.3 is 10.5 Å². The van der Waals surface area contributed by atoms with E-state index in [1.54, 1.807) is 12.3 Å². The Morgan fingerprint density at radius 1 is 1.64 bits per heavy atom. The van der Waals surface area contributed by atoms with E-state index in [0.717, 1.165) is 5.56 Å². The standard InChI is InChI=1S/C10H14N2O2/c1-7(5-10(13)14-2)8-3-4-9(11)12-6-8/h3-4,6-7H,5H2,1-2H3,(H2,11,12). The fourth-order valence-corrected chi connectivity index (χ4v) is 1.16. The Morgan fingerprint density at radius 2 is 2.36 bits per heavy atom. The summed E-state index contributed by atoms with van der Waals surface area (Å²) in [6.07, 6.45) is 2.05. The van der Waals surface area contributed by atoms with E-state index in [4.69, 9.17) is 5.73 Å². The Kier molecular flexibility index (Phi) is 3.45. The van der Waals surface area contributed by atoms with Crippen molar-refractivity contribution in [2.24, 2.45) is 0 Å². The van der Waals surface area contributed by atoms with E-state index in [-0.39, 0.29) is 11.9 Å². The number of hydrogen-bond acceptors (Lipinski definition) is 4. The maximum atomic E-state index is 11.0.